The molecule has 13 nitrogen and oxygen atoms in total. The van der Waals surface area contributed by atoms with Crippen LogP contribution >= 0.6 is 0 Å². The number of nitrogens with two attached hydrogens (primary N) is 1. The number of carbonyl (C=O) groups excluding carboxylic acids is 5. The van der Waals surface area contributed by atoms with Gasteiger partial charge in [-0.3, -0.25) is 28.7 Å². The zero-order valence-corrected chi connectivity index (χ0v) is 34.2. The number of nitrogens with zero attached hydrogens (tertiary/aromatic N) is 5. The SMILES string of the molecule is CC1(C)C[C@@H]1C(=O)N1CC2(CN(C(=O)c3cnn(Cc4ccccc4)c3)C[C@H]2C(N)=O)C1.CCCC(=O)N1CCCCC1.CCOC=O.OCC1CCCCC1.[HH]. The van der Waals surface area contributed by atoms with Crippen LogP contribution in [-0.2, 0) is 30.5 Å². The molecule has 5 fully saturated rings. The van der Waals surface area contributed by atoms with Crippen LogP contribution in [0, 0.1) is 28.6 Å². The van der Waals surface area contributed by atoms with Gasteiger partial charge in [-0.15, -0.1) is 0 Å². The predicted octanol–water partition coefficient (Wildman–Crippen LogP) is 5.15. The molecule has 56 heavy (non-hydrogen) atoms. The summed E-state index contributed by atoms with van der Waals surface area (Å²) >= 11 is 0. The second-order valence-electron chi connectivity index (χ2n) is 16.8. The smallest absolute Gasteiger partial charge is 0.293 e. The fourth-order valence-electron chi connectivity index (χ4n) is 8.28. The third kappa shape index (κ3) is 12.4. The van der Waals surface area contributed by atoms with Crippen molar-refractivity contribution < 1.29 is 35.2 Å². The normalized spacial score (nSPS) is 21.8. The van der Waals surface area contributed by atoms with Gasteiger partial charge in [0.05, 0.1) is 30.8 Å². The topological polar surface area (TPSA) is 168 Å². The minimum atomic E-state index is -0.443. The van der Waals surface area contributed by atoms with E-state index in [9.17, 15) is 24.0 Å². The lowest BCUT2D eigenvalue weighted by atomic mass is 9.71. The van der Waals surface area contributed by atoms with Crippen LogP contribution < -0.4 is 5.73 Å². The summed E-state index contributed by atoms with van der Waals surface area (Å²) in [6.07, 6.45) is 16.2. The summed E-state index contributed by atoms with van der Waals surface area (Å²) in [4.78, 5) is 64.2. The largest absolute Gasteiger partial charge is 0.468 e. The minimum Gasteiger partial charge on any atom is -0.468 e. The maximum absolute atomic E-state index is 13.2. The van der Waals surface area contributed by atoms with Crippen molar-refractivity contribution in [2.45, 2.75) is 105 Å². The van der Waals surface area contributed by atoms with Gasteiger partial charge in [0.15, 0.2) is 0 Å². The van der Waals surface area contributed by atoms with Gasteiger partial charge in [0.1, 0.15) is 0 Å². The molecule has 0 bridgehead atoms. The molecule has 5 aliphatic rings. The molecule has 4 heterocycles. The van der Waals surface area contributed by atoms with Gasteiger partial charge in [-0.1, -0.05) is 70.4 Å². The van der Waals surface area contributed by atoms with Gasteiger partial charge < -0.3 is 30.3 Å². The molecule has 2 aromatic rings. The molecule has 312 valence electrons. The van der Waals surface area contributed by atoms with Crippen molar-refractivity contribution in [2.75, 3.05) is 52.5 Å². The van der Waals surface area contributed by atoms with Crippen LogP contribution in [0.25, 0.3) is 0 Å². The summed E-state index contributed by atoms with van der Waals surface area (Å²) < 4.78 is 5.89. The summed E-state index contributed by atoms with van der Waals surface area (Å²) in [5, 5.41) is 13.0. The molecule has 2 saturated carbocycles. The van der Waals surface area contributed by atoms with Gasteiger partial charge in [-0.05, 0) is 68.8 Å². The van der Waals surface area contributed by atoms with E-state index >= 15 is 0 Å². The summed E-state index contributed by atoms with van der Waals surface area (Å²) in [6, 6.07) is 9.92. The van der Waals surface area contributed by atoms with E-state index in [-0.39, 0.29) is 31.1 Å². The van der Waals surface area contributed by atoms with E-state index in [4.69, 9.17) is 10.8 Å². The van der Waals surface area contributed by atoms with E-state index in [2.05, 4.69) is 30.6 Å². The number of hydrogen-bond acceptors (Lipinski definition) is 8. The Balaban J connectivity index is 0.000000283. The molecular weight excluding hydrogens is 713 g/mol. The van der Waals surface area contributed by atoms with Crippen molar-refractivity contribution in [2.24, 2.45) is 34.3 Å². The van der Waals surface area contributed by atoms with E-state index < -0.39 is 17.2 Å². The number of aliphatic hydroxyl groups excluding tert-OH is 1. The second kappa shape index (κ2) is 21.3. The first-order chi connectivity index (χ1) is 26.9. The van der Waals surface area contributed by atoms with Crippen LogP contribution in [0.2, 0.25) is 0 Å². The maximum atomic E-state index is 13.2. The first-order valence-electron chi connectivity index (χ1n) is 20.8. The van der Waals surface area contributed by atoms with Gasteiger partial charge in [-0.2, -0.15) is 5.10 Å². The number of aliphatic hydroxyl groups is 1. The summed E-state index contributed by atoms with van der Waals surface area (Å²) in [5.41, 5.74) is 6.94. The third-order valence-electron chi connectivity index (χ3n) is 11.9. The highest BCUT2D eigenvalue weighted by atomic mass is 16.5. The average Bonchev–Trinajstić information content (AvgIpc) is 3.48. The molecule has 1 spiro atoms. The minimum absolute atomic E-state index is 0. The van der Waals surface area contributed by atoms with Crippen LogP contribution in [0.4, 0.5) is 0 Å². The van der Waals surface area contributed by atoms with Gasteiger partial charge in [0.25, 0.3) is 12.4 Å². The number of rotatable bonds is 10. The number of benzene rings is 1. The molecule has 0 unspecified atom stereocenters. The van der Waals surface area contributed by atoms with Crippen molar-refractivity contribution in [3.05, 3.63) is 53.9 Å². The van der Waals surface area contributed by atoms with E-state index in [1.54, 1.807) is 28.9 Å². The summed E-state index contributed by atoms with van der Waals surface area (Å²) in [5.74, 6) is 0.231. The molecule has 2 aliphatic carbocycles. The van der Waals surface area contributed by atoms with Crippen molar-refractivity contribution in [3.8, 4) is 0 Å². The van der Waals surface area contributed by atoms with Crippen LogP contribution in [0.5, 0.6) is 0 Å². The Morgan fingerprint density at radius 3 is 2.07 bits per heavy atom. The lowest BCUT2D eigenvalue weighted by Crippen LogP contribution is -2.64. The average molecular weight is 781 g/mol. The van der Waals surface area contributed by atoms with Gasteiger partial charge in [0.2, 0.25) is 17.7 Å². The number of ether oxygens (including phenoxy) is 1. The molecule has 4 amide bonds. The molecular formula is C43H68N6O7. The molecule has 2 atom stereocenters. The highest BCUT2D eigenvalue weighted by Gasteiger charge is 2.61. The van der Waals surface area contributed by atoms with E-state index in [0.29, 0.717) is 63.3 Å². The Kier molecular flexibility index (Phi) is 16.9. The molecule has 1 aromatic heterocycles. The third-order valence-corrected chi connectivity index (χ3v) is 11.9. The molecule has 13 heteroatoms. The highest BCUT2D eigenvalue weighted by molar-refractivity contribution is 5.95. The standard InChI is InChI=1S/C24H29N5O3.C9H17NO.C7H14O.C3H6O2.H2/c1-23(2)8-18(23)22(32)28-14-24(15-28)13-27(12-19(24)20(25)30)21(31)17-9-26-29(11-17)10-16-6-4-3-5-7-16;1-2-6-9(11)10-7-4-3-5-8-10;8-6-7-4-2-1-3-5-7;1-2-5-3-4;/h3-7,9,11,18-19H,8,10,12-15H2,1-2H3,(H2,25,30);2-8H2,1H3;7-8H,1-6H2;3H,2H2,1H3;1H/t18-,19+;;;;/m1..../s1. The Morgan fingerprint density at radius 1 is 0.929 bits per heavy atom. The molecule has 7 rings (SSSR count). The van der Waals surface area contributed by atoms with Gasteiger partial charge >= 0.3 is 0 Å². The lowest BCUT2D eigenvalue weighted by Gasteiger charge is -2.50. The summed E-state index contributed by atoms with van der Waals surface area (Å²) in [6.45, 7) is 13.6. The quantitative estimate of drug-likeness (QED) is 0.313. The van der Waals surface area contributed by atoms with Crippen LogP contribution in [0.3, 0.4) is 0 Å². The fourth-order valence-corrected chi connectivity index (χ4v) is 8.28. The number of carbonyl (C=O) groups is 5. The first-order valence-corrected chi connectivity index (χ1v) is 20.8. The molecule has 3 N–H and O–H groups in total. The number of aromatic nitrogens is 2. The van der Waals surface area contributed by atoms with Gasteiger partial charge in [0, 0.05) is 71.3 Å². The predicted molar refractivity (Wildman–Crippen MR) is 216 cm³/mol. The van der Waals surface area contributed by atoms with Crippen molar-refractivity contribution >= 4 is 30.1 Å². The number of primary amides is 1. The Bertz CT molecular complexity index is 1570. The molecule has 3 saturated heterocycles. The van der Waals surface area contributed by atoms with Crippen molar-refractivity contribution in [1.82, 2.24) is 24.5 Å². The second-order valence-corrected chi connectivity index (χ2v) is 16.8. The number of likely N-dealkylation sites (tertiary alicyclic amines) is 3. The van der Waals surface area contributed by atoms with Crippen molar-refractivity contribution in [3.63, 3.8) is 0 Å². The fraction of sp³-hybridized carbons (Fsp3) is 0.674. The van der Waals surface area contributed by atoms with Crippen LogP contribution in [0.15, 0.2) is 42.7 Å². The number of amides is 4. The number of piperidine rings is 1. The maximum Gasteiger partial charge on any atom is 0.293 e. The zero-order chi connectivity index (χ0) is 40.7. The molecule has 0 radical (unpaired) electrons. The van der Waals surface area contributed by atoms with Crippen LogP contribution in [0.1, 0.15) is 116 Å². The molecule has 3 aliphatic heterocycles. The monoisotopic (exact) mass is 781 g/mol. The van der Waals surface area contributed by atoms with Crippen LogP contribution in [-0.4, -0.2) is 112 Å². The molecule has 1 aromatic carbocycles. The zero-order valence-electron chi connectivity index (χ0n) is 34.2. The van der Waals surface area contributed by atoms with E-state index in [1.165, 1.54) is 51.4 Å². The highest BCUT2D eigenvalue weighted by Crippen LogP contribution is 2.54. The van der Waals surface area contributed by atoms with Crippen molar-refractivity contribution in [1.29, 1.82) is 0 Å². The Morgan fingerprint density at radius 2 is 1.55 bits per heavy atom. The Hall–Kier alpha value is -4.26. The Labute approximate surface area is 334 Å². The van der Waals surface area contributed by atoms with Gasteiger partial charge in [-0.25, -0.2) is 0 Å². The lowest BCUT2D eigenvalue weighted by molar-refractivity contribution is -0.150. The van der Waals surface area contributed by atoms with E-state index in [0.717, 1.165) is 37.9 Å². The summed E-state index contributed by atoms with van der Waals surface area (Å²) in [7, 11) is 0. The van der Waals surface area contributed by atoms with E-state index in [1.807, 2.05) is 40.1 Å². The number of hydrogen-bond donors (Lipinski definition) is 2. The first kappa shape index (κ1) is 44.5.